The standard InChI is InChI=1S/C8H13NO4/c1-4(10)7(13)8(9,5(2)11)6(3)12/h7,13H,9H2,1-3H3. The lowest BCUT2D eigenvalue weighted by molar-refractivity contribution is -0.144. The molecule has 74 valence electrons. The molecule has 0 heterocycles. The van der Waals surface area contributed by atoms with Crippen molar-refractivity contribution >= 4 is 17.3 Å². The van der Waals surface area contributed by atoms with Gasteiger partial charge in [0.15, 0.2) is 22.9 Å². The number of carbonyl (C=O) groups excluding carboxylic acids is 3. The molecule has 0 radical (unpaired) electrons. The minimum Gasteiger partial charge on any atom is -0.382 e. The minimum absolute atomic E-state index is 0.701. The Kier molecular flexibility index (Phi) is 3.45. The molecule has 5 heteroatoms. The Morgan fingerprint density at radius 3 is 1.54 bits per heavy atom. The molecule has 0 aliphatic rings. The monoisotopic (exact) mass is 187 g/mol. The molecule has 0 aromatic carbocycles. The molecule has 1 atom stereocenters. The highest BCUT2D eigenvalue weighted by Gasteiger charge is 2.45. The van der Waals surface area contributed by atoms with E-state index >= 15 is 0 Å². The molecule has 0 aromatic heterocycles. The first-order valence-corrected chi connectivity index (χ1v) is 3.74. The molecule has 0 rings (SSSR count). The van der Waals surface area contributed by atoms with E-state index in [9.17, 15) is 19.5 Å². The van der Waals surface area contributed by atoms with E-state index in [4.69, 9.17) is 5.73 Å². The van der Waals surface area contributed by atoms with Crippen molar-refractivity contribution in [3.63, 3.8) is 0 Å². The summed E-state index contributed by atoms with van der Waals surface area (Å²) in [5, 5.41) is 9.27. The van der Waals surface area contributed by atoms with Gasteiger partial charge in [-0.25, -0.2) is 0 Å². The molecule has 3 N–H and O–H groups in total. The van der Waals surface area contributed by atoms with Gasteiger partial charge in [0.05, 0.1) is 0 Å². The zero-order valence-electron chi connectivity index (χ0n) is 7.83. The first kappa shape index (κ1) is 11.9. The number of Topliss-reactive ketones (excluding diaryl/α,β-unsaturated/α-hetero) is 3. The topological polar surface area (TPSA) is 97.5 Å². The van der Waals surface area contributed by atoms with E-state index in [1.54, 1.807) is 0 Å². The summed E-state index contributed by atoms with van der Waals surface area (Å²) >= 11 is 0. The fourth-order valence-electron chi connectivity index (χ4n) is 0.954. The van der Waals surface area contributed by atoms with Crippen LogP contribution in [0.1, 0.15) is 20.8 Å². The highest BCUT2D eigenvalue weighted by Crippen LogP contribution is 2.11. The van der Waals surface area contributed by atoms with E-state index in [1.165, 1.54) is 0 Å². The van der Waals surface area contributed by atoms with Crippen LogP contribution < -0.4 is 5.73 Å². The van der Waals surface area contributed by atoms with Crippen LogP contribution in [0.4, 0.5) is 0 Å². The Balaban J connectivity index is 5.13. The summed E-state index contributed by atoms with van der Waals surface area (Å²) in [7, 11) is 0. The zero-order chi connectivity index (χ0) is 10.8. The van der Waals surface area contributed by atoms with Gasteiger partial charge in [-0.05, 0) is 20.8 Å². The quantitative estimate of drug-likeness (QED) is 0.539. The number of ketones is 3. The van der Waals surface area contributed by atoms with Crippen LogP contribution in [-0.2, 0) is 14.4 Å². The van der Waals surface area contributed by atoms with Crippen molar-refractivity contribution in [2.45, 2.75) is 32.4 Å². The van der Waals surface area contributed by atoms with Gasteiger partial charge in [0.1, 0.15) is 6.10 Å². The molecule has 0 aliphatic carbocycles. The van der Waals surface area contributed by atoms with Crippen LogP contribution in [0.2, 0.25) is 0 Å². The first-order valence-electron chi connectivity index (χ1n) is 3.74. The van der Waals surface area contributed by atoms with E-state index in [-0.39, 0.29) is 0 Å². The van der Waals surface area contributed by atoms with Gasteiger partial charge in [0.2, 0.25) is 0 Å². The number of aliphatic hydroxyl groups is 1. The lowest BCUT2D eigenvalue weighted by atomic mass is 9.84. The molecule has 0 bridgehead atoms. The second-order valence-corrected chi connectivity index (χ2v) is 2.99. The molecule has 0 amide bonds. The van der Waals surface area contributed by atoms with Crippen molar-refractivity contribution in [1.29, 1.82) is 0 Å². The SMILES string of the molecule is CC(=O)C(O)C(N)(C(C)=O)C(C)=O. The molecule has 5 nitrogen and oxygen atoms in total. The largest absolute Gasteiger partial charge is 0.382 e. The van der Waals surface area contributed by atoms with Gasteiger partial charge in [-0.2, -0.15) is 0 Å². The third kappa shape index (κ3) is 1.99. The predicted octanol–water partition coefficient (Wildman–Crippen LogP) is -1.19. The summed E-state index contributed by atoms with van der Waals surface area (Å²) in [5.41, 5.74) is 3.27. The molecular weight excluding hydrogens is 174 g/mol. The Labute approximate surface area is 75.9 Å². The molecule has 0 saturated heterocycles. The van der Waals surface area contributed by atoms with Gasteiger partial charge in [-0.3, -0.25) is 14.4 Å². The fourth-order valence-corrected chi connectivity index (χ4v) is 0.954. The van der Waals surface area contributed by atoms with E-state index in [1.807, 2.05) is 0 Å². The fraction of sp³-hybridized carbons (Fsp3) is 0.625. The summed E-state index contributed by atoms with van der Waals surface area (Å²) in [6.45, 7) is 3.19. The number of rotatable bonds is 4. The van der Waals surface area contributed by atoms with Gasteiger partial charge in [-0.1, -0.05) is 0 Å². The molecule has 0 aliphatic heterocycles. The summed E-state index contributed by atoms with van der Waals surface area (Å²) in [6, 6.07) is 0. The number of hydrogen-bond donors (Lipinski definition) is 2. The number of carbonyl (C=O) groups is 3. The van der Waals surface area contributed by atoms with Crippen molar-refractivity contribution in [3.8, 4) is 0 Å². The van der Waals surface area contributed by atoms with E-state index in [0.717, 1.165) is 20.8 Å². The maximum atomic E-state index is 11.0. The first-order chi connectivity index (χ1) is 5.74. The third-order valence-corrected chi connectivity index (χ3v) is 1.98. The zero-order valence-corrected chi connectivity index (χ0v) is 7.83. The summed E-state index contributed by atoms with van der Waals surface area (Å²) in [4.78, 5) is 32.8. The van der Waals surface area contributed by atoms with Crippen molar-refractivity contribution in [2.24, 2.45) is 5.73 Å². The smallest absolute Gasteiger partial charge is 0.167 e. The average molecular weight is 187 g/mol. The molecule has 0 spiro atoms. The lowest BCUT2D eigenvalue weighted by Gasteiger charge is -2.27. The Bertz CT molecular complexity index is 245. The summed E-state index contributed by atoms with van der Waals surface area (Å²) < 4.78 is 0. The maximum absolute atomic E-state index is 11.0. The van der Waals surface area contributed by atoms with Crippen LogP contribution >= 0.6 is 0 Å². The van der Waals surface area contributed by atoms with Crippen LogP contribution in [0.3, 0.4) is 0 Å². The number of aliphatic hydroxyl groups excluding tert-OH is 1. The Morgan fingerprint density at radius 1 is 1.15 bits per heavy atom. The number of nitrogens with two attached hydrogens (primary N) is 1. The van der Waals surface area contributed by atoms with E-state index in [2.05, 4.69) is 0 Å². The van der Waals surface area contributed by atoms with Gasteiger partial charge >= 0.3 is 0 Å². The van der Waals surface area contributed by atoms with Gasteiger partial charge in [-0.15, -0.1) is 0 Å². The molecule has 0 saturated carbocycles. The van der Waals surface area contributed by atoms with Crippen molar-refractivity contribution < 1.29 is 19.5 Å². The summed E-state index contributed by atoms with van der Waals surface area (Å²) in [6.07, 6.45) is -1.76. The van der Waals surface area contributed by atoms with Crippen LogP contribution in [0, 0.1) is 0 Å². The minimum atomic E-state index is -2.09. The molecule has 0 aromatic rings. The Hall–Kier alpha value is -1.07. The number of hydrogen-bond acceptors (Lipinski definition) is 5. The van der Waals surface area contributed by atoms with E-state index < -0.39 is 29.0 Å². The average Bonchev–Trinajstić information content (AvgIpc) is 2.00. The van der Waals surface area contributed by atoms with Crippen LogP contribution in [0.5, 0.6) is 0 Å². The highest BCUT2D eigenvalue weighted by molar-refractivity contribution is 6.13. The molecule has 13 heavy (non-hydrogen) atoms. The summed E-state index contributed by atoms with van der Waals surface area (Å²) in [5.74, 6) is -2.14. The molecule has 0 fully saturated rings. The van der Waals surface area contributed by atoms with Crippen LogP contribution in [0.15, 0.2) is 0 Å². The second-order valence-electron chi connectivity index (χ2n) is 2.99. The third-order valence-electron chi connectivity index (χ3n) is 1.98. The van der Waals surface area contributed by atoms with Crippen molar-refractivity contribution in [3.05, 3.63) is 0 Å². The van der Waals surface area contributed by atoms with Crippen molar-refractivity contribution in [2.75, 3.05) is 0 Å². The lowest BCUT2D eigenvalue weighted by Crippen LogP contribution is -2.63. The van der Waals surface area contributed by atoms with E-state index in [0.29, 0.717) is 0 Å². The van der Waals surface area contributed by atoms with Crippen LogP contribution in [-0.4, -0.2) is 34.1 Å². The predicted molar refractivity (Wildman–Crippen MR) is 45.0 cm³/mol. The maximum Gasteiger partial charge on any atom is 0.167 e. The Morgan fingerprint density at radius 2 is 1.46 bits per heavy atom. The van der Waals surface area contributed by atoms with Gasteiger partial charge < -0.3 is 10.8 Å². The second kappa shape index (κ2) is 3.76. The molecular formula is C8H13NO4. The van der Waals surface area contributed by atoms with Crippen molar-refractivity contribution in [1.82, 2.24) is 0 Å². The van der Waals surface area contributed by atoms with Crippen LogP contribution in [0.25, 0.3) is 0 Å². The van der Waals surface area contributed by atoms with Gasteiger partial charge in [0, 0.05) is 0 Å². The molecule has 1 unspecified atom stereocenters. The normalized spacial score (nSPS) is 13.6. The highest BCUT2D eigenvalue weighted by atomic mass is 16.3. The van der Waals surface area contributed by atoms with Gasteiger partial charge in [0.25, 0.3) is 0 Å².